The molecular formula is C8H8BrN3O. The number of rotatable bonds is 1. The van der Waals surface area contributed by atoms with Gasteiger partial charge >= 0.3 is 0 Å². The number of nitrogens with two attached hydrogens (primary N) is 1. The second-order valence-electron chi connectivity index (χ2n) is 2.73. The van der Waals surface area contributed by atoms with E-state index in [1.54, 1.807) is 6.07 Å². The van der Waals surface area contributed by atoms with Gasteiger partial charge in [-0.15, -0.1) is 0 Å². The lowest BCUT2D eigenvalue weighted by Crippen LogP contribution is -1.81. The van der Waals surface area contributed by atoms with Crippen LogP contribution in [-0.4, -0.2) is 10.2 Å². The summed E-state index contributed by atoms with van der Waals surface area (Å²) >= 11 is 3.25. The van der Waals surface area contributed by atoms with Gasteiger partial charge < -0.3 is 10.2 Å². The van der Waals surface area contributed by atoms with Crippen molar-refractivity contribution in [2.24, 2.45) is 0 Å². The molecule has 5 heteroatoms. The van der Waals surface area contributed by atoms with E-state index in [9.17, 15) is 0 Å². The van der Waals surface area contributed by atoms with Crippen molar-refractivity contribution in [3.8, 4) is 11.3 Å². The van der Waals surface area contributed by atoms with Crippen molar-refractivity contribution < 1.29 is 4.42 Å². The molecule has 0 amide bonds. The van der Waals surface area contributed by atoms with Gasteiger partial charge in [-0.05, 0) is 22.9 Å². The Morgan fingerprint density at radius 2 is 2.31 bits per heavy atom. The molecule has 68 valence electrons. The molecule has 13 heavy (non-hydrogen) atoms. The number of hydrogen-bond acceptors (Lipinski definition) is 3. The van der Waals surface area contributed by atoms with Crippen LogP contribution in [0.15, 0.2) is 21.2 Å². The van der Waals surface area contributed by atoms with Gasteiger partial charge in [0, 0.05) is 17.7 Å². The van der Waals surface area contributed by atoms with E-state index in [0.29, 0.717) is 10.5 Å². The minimum absolute atomic E-state index is 0.478. The third kappa shape index (κ3) is 1.47. The third-order valence-electron chi connectivity index (χ3n) is 1.78. The standard InChI is InChI=1S/C8H8BrN3O/c1-4-5(2-7(9)13-4)6-3-8(10)12-11-6/h2-3H,1H3,(H3,10,11,12). The van der Waals surface area contributed by atoms with Crippen LogP contribution in [0.1, 0.15) is 5.76 Å². The van der Waals surface area contributed by atoms with E-state index in [1.165, 1.54) is 0 Å². The van der Waals surface area contributed by atoms with Crippen LogP contribution in [0.4, 0.5) is 5.82 Å². The van der Waals surface area contributed by atoms with Gasteiger partial charge in [-0.1, -0.05) is 0 Å². The minimum Gasteiger partial charge on any atom is -0.454 e. The van der Waals surface area contributed by atoms with E-state index in [-0.39, 0.29) is 0 Å². The highest BCUT2D eigenvalue weighted by Crippen LogP contribution is 2.28. The van der Waals surface area contributed by atoms with E-state index < -0.39 is 0 Å². The number of aryl methyl sites for hydroxylation is 1. The fourth-order valence-corrected chi connectivity index (χ4v) is 1.66. The van der Waals surface area contributed by atoms with Gasteiger partial charge in [0.25, 0.3) is 0 Å². The Kier molecular flexibility index (Phi) is 1.88. The summed E-state index contributed by atoms with van der Waals surface area (Å²) in [4.78, 5) is 0. The molecule has 0 unspecified atom stereocenters. The second-order valence-corrected chi connectivity index (χ2v) is 3.51. The molecule has 0 aliphatic rings. The van der Waals surface area contributed by atoms with Gasteiger partial charge in [0.15, 0.2) is 4.67 Å². The fourth-order valence-electron chi connectivity index (χ4n) is 1.19. The number of nitrogens with one attached hydrogen (secondary N) is 1. The van der Waals surface area contributed by atoms with E-state index in [2.05, 4.69) is 26.1 Å². The minimum atomic E-state index is 0.478. The molecule has 0 spiro atoms. The second kappa shape index (κ2) is 2.92. The van der Waals surface area contributed by atoms with Gasteiger partial charge in [0.1, 0.15) is 11.6 Å². The van der Waals surface area contributed by atoms with Crippen LogP contribution in [0.5, 0.6) is 0 Å². The lowest BCUT2D eigenvalue weighted by atomic mass is 10.2. The molecule has 0 saturated heterocycles. The van der Waals surface area contributed by atoms with Crippen LogP contribution >= 0.6 is 15.9 Å². The Labute approximate surface area is 83.3 Å². The lowest BCUT2D eigenvalue weighted by Gasteiger charge is -1.90. The first-order valence-electron chi connectivity index (χ1n) is 3.74. The highest BCUT2D eigenvalue weighted by atomic mass is 79.9. The Hall–Kier alpha value is -1.23. The zero-order valence-corrected chi connectivity index (χ0v) is 8.55. The fraction of sp³-hybridized carbons (Fsp3) is 0.125. The molecular weight excluding hydrogens is 234 g/mol. The van der Waals surface area contributed by atoms with E-state index in [1.807, 2.05) is 13.0 Å². The number of furan rings is 1. The third-order valence-corrected chi connectivity index (χ3v) is 2.17. The molecule has 0 saturated carbocycles. The maximum Gasteiger partial charge on any atom is 0.170 e. The Morgan fingerprint density at radius 3 is 2.77 bits per heavy atom. The van der Waals surface area contributed by atoms with Gasteiger partial charge in [-0.25, -0.2) is 0 Å². The number of anilines is 1. The maximum atomic E-state index is 5.49. The van der Waals surface area contributed by atoms with Gasteiger partial charge in [-0.2, -0.15) is 5.10 Å². The molecule has 0 bridgehead atoms. The number of hydrogen-bond donors (Lipinski definition) is 2. The van der Waals surface area contributed by atoms with Gasteiger partial charge in [0.05, 0.1) is 5.69 Å². The molecule has 4 nitrogen and oxygen atoms in total. The topological polar surface area (TPSA) is 67.8 Å². The molecule has 2 rings (SSSR count). The van der Waals surface area contributed by atoms with Crippen molar-refractivity contribution in [3.63, 3.8) is 0 Å². The summed E-state index contributed by atoms with van der Waals surface area (Å²) in [5.41, 5.74) is 7.32. The maximum absolute atomic E-state index is 5.49. The van der Waals surface area contributed by atoms with Crippen LogP contribution in [0.25, 0.3) is 11.3 Å². The monoisotopic (exact) mass is 241 g/mol. The summed E-state index contributed by atoms with van der Waals surface area (Å²) in [7, 11) is 0. The van der Waals surface area contributed by atoms with E-state index in [0.717, 1.165) is 17.0 Å². The van der Waals surface area contributed by atoms with Crippen molar-refractivity contribution in [1.29, 1.82) is 0 Å². The summed E-state index contributed by atoms with van der Waals surface area (Å²) in [6, 6.07) is 3.65. The number of nitrogens with zero attached hydrogens (tertiary/aromatic N) is 1. The predicted molar refractivity (Wildman–Crippen MR) is 53.1 cm³/mol. The van der Waals surface area contributed by atoms with Gasteiger partial charge in [0.2, 0.25) is 0 Å². The summed E-state index contributed by atoms with van der Waals surface area (Å²) in [5.74, 6) is 1.31. The number of nitrogen functional groups attached to an aromatic ring is 1. The summed E-state index contributed by atoms with van der Waals surface area (Å²) in [6.45, 7) is 1.89. The molecule has 0 radical (unpaired) electrons. The predicted octanol–water partition coefficient (Wildman–Crippen LogP) is 2.32. The highest BCUT2D eigenvalue weighted by molar-refractivity contribution is 9.10. The lowest BCUT2D eigenvalue weighted by molar-refractivity contribution is 0.511. The normalized spacial score (nSPS) is 10.6. The average Bonchev–Trinajstić information content (AvgIpc) is 2.58. The molecule has 0 aliphatic carbocycles. The van der Waals surface area contributed by atoms with Crippen LogP contribution in [-0.2, 0) is 0 Å². The number of aromatic nitrogens is 2. The van der Waals surface area contributed by atoms with Crippen LogP contribution in [0.2, 0.25) is 0 Å². The molecule has 0 aromatic carbocycles. The Bertz CT molecular complexity index is 432. The molecule has 2 aromatic rings. The van der Waals surface area contributed by atoms with Crippen molar-refractivity contribution in [2.45, 2.75) is 6.92 Å². The molecule has 2 aromatic heterocycles. The highest BCUT2D eigenvalue weighted by Gasteiger charge is 2.09. The quantitative estimate of drug-likeness (QED) is 0.806. The van der Waals surface area contributed by atoms with Crippen molar-refractivity contribution in [1.82, 2.24) is 10.2 Å². The summed E-state index contributed by atoms with van der Waals surface area (Å²) < 4.78 is 6.01. The van der Waals surface area contributed by atoms with Crippen molar-refractivity contribution in [2.75, 3.05) is 5.73 Å². The molecule has 3 N–H and O–H groups in total. The van der Waals surface area contributed by atoms with Crippen LogP contribution in [0.3, 0.4) is 0 Å². The largest absolute Gasteiger partial charge is 0.454 e. The first-order chi connectivity index (χ1) is 6.16. The number of H-pyrrole nitrogens is 1. The summed E-state index contributed by atoms with van der Waals surface area (Å²) in [5, 5.41) is 6.66. The number of aromatic amines is 1. The molecule has 0 aliphatic heterocycles. The molecule has 2 heterocycles. The zero-order valence-electron chi connectivity index (χ0n) is 6.97. The first-order valence-corrected chi connectivity index (χ1v) is 4.53. The van der Waals surface area contributed by atoms with Crippen molar-refractivity contribution >= 4 is 21.7 Å². The first kappa shape index (κ1) is 8.37. The average molecular weight is 242 g/mol. The SMILES string of the molecule is Cc1oc(Br)cc1-c1cc(N)n[nH]1. The van der Waals surface area contributed by atoms with E-state index in [4.69, 9.17) is 10.2 Å². The van der Waals surface area contributed by atoms with E-state index >= 15 is 0 Å². The smallest absolute Gasteiger partial charge is 0.170 e. The summed E-state index contributed by atoms with van der Waals surface area (Å²) in [6.07, 6.45) is 0. The Morgan fingerprint density at radius 1 is 1.54 bits per heavy atom. The van der Waals surface area contributed by atoms with Gasteiger partial charge in [-0.3, -0.25) is 5.10 Å². The van der Waals surface area contributed by atoms with Crippen LogP contribution in [0, 0.1) is 6.92 Å². The molecule has 0 fully saturated rings. The molecule has 0 atom stereocenters. The Balaban J connectivity index is 2.51. The number of halogens is 1. The van der Waals surface area contributed by atoms with Crippen LogP contribution < -0.4 is 5.73 Å². The van der Waals surface area contributed by atoms with Crippen molar-refractivity contribution in [3.05, 3.63) is 22.6 Å². The zero-order chi connectivity index (χ0) is 9.42.